The molecule has 3 rings (SSSR count). The molecule has 0 radical (unpaired) electrons. The summed E-state index contributed by atoms with van der Waals surface area (Å²) in [6.07, 6.45) is 4.64. The molecule has 1 N–H and O–H groups in total. The van der Waals surface area contributed by atoms with Crippen LogP contribution in [-0.4, -0.2) is 49.2 Å². The van der Waals surface area contributed by atoms with E-state index in [1.54, 1.807) is 25.1 Å². The van der Waals surface area contributed by atoms with Crippen molar-refractivity contribution in [1.29, 1.82) is 0 Å². The van der Waals surface area contributed by atoms with Gasteiger partial charge in [0.1, 0.15) is 12.3 Å². The van der Waals surface area contributed by atoms with Crippen LogP contribution in [0.2, 0.25) is 0 Å². The summed E-state index contributed by atoms with van der Waals surface area (Å²) in [5.41, 5.74) is 1.95. The van der Waals surface area contributed by atoms with E-state index in [0.717, 1.165) is 37.0 Å². The molecule has 2 aromatic carbocycles. The number of likely N-dealkylation sites (tertiary alicyclic amines) is 1. The van der Waals surface area contributed by atoms with Crippen molar-refractivity contribution in [2.45, 2.75) is 46.1 Å². The van der Waals surface area contributed by atoms with E-state index in [2.05, 4.69) is 17.4 Å². The van der Waals surface area contributed by atoms with E-state index >= 15 is 0 Å². The topological polar surface area (TPSA) is 64.6 Å². The molecule has 6 heteroatoms. The van der Waals surface area contributed by atoms with Crippen LogP contribution in [0.5, 0.6) is 5.75 Å². The zero-order valence-electron chi connectivity index (χ0n) is 19.3. The molecule has 1 aliphatic heterocycles. The summed E-state index contributed by atoms with van der Waals surface area (Å²) in [4.78, 5) is 25.9. The maximum absolute atomic E-state index is 13.3. The molecule has 0 saturated carbocycles. The van der Waals surface area contributed by atoms with Crippen molar-refractivity contribution in [2.24, 2.45) is 0 Å². The highest BCUT2D eigenvalue weighted by molar-refractivity contribution is 6.03. The lowest BCUT2D eigenvalue weighted by Gasteiger charge is -2.37. The summed E-state index contributed by atoms with van der Waals surface area (Å²) in [6.45, 7) is 7.47. The predicted molar refractivity (Wildman–Crippen MR) is 126 cm³/mol. The minimum Gasteiger partial charge on any atom is -0.492 e. The Morgan fingerprint density at radius 2 is 1.62 bits per heavy atom. The number of hydrogen-bond donors (Lipinski definition) is 1. The zero-order valence-corrected chi connectivity index (χ0v) is 19.3. The molecular formula is C26H35N2O4+. The van der Waals surface area contributed by atoms with Crippen molar-refractivity contribution in [1.82, 2.24) is 0 Å². The summed E-state index contributed by atoms with van der Waals surface area (Å²) in [5.74, 6) is -0.0929. The molecule has 0 bridgehead atoms. The van der Waals surface area contributed by atoms with Gasteiger partial charge >= 0.3 is 5.97 Å². The Morgan fingerprint density at radius 3 is 2.28 bits per heavy atom. The van der Waals surface area contributed by atoms with Crippen molar-refractivity contribution in [3.63, 3.8) is 0 Å². The van der Waals surface area contributed by atoms with Crippen LogP contribution in [0.25, 0.3) is 0 Å². The number of carbonyl (C=O) groups excluding carboxylic acids is 2. The van der Waals surface area contributed by atoms with Crippen LogP contribution in [-0.2, 0) is 16.1 Å². The molecule has 32 heavy (non-hydrogen) atoms. The van der Waals surface area contributed by atoms with E-state index < -0.39 is 5.97 Å². The molecule has 1 fully saturated rings. The Balaban J connectivity index is 1.85. The zero-order chi connectivity index (χ0) is 22.8. The van der Waals surface area contributed by atoms with Gasteiger partial charge in [-0.25, -0.2) is 4.79 Å². The molecule has 2 aromatic rings. The second-order valence-corrected chi connectivity index (χ2v) is 8.39. The first kappa shape index (κ1) is 23.8. The van der Waals surface area contributed by atoms with E-state index in [0.29, 0.717) is 30.2 Å². The van der Waals surface area contributed by atoms with Crippen LogP contribution in [0, 0.1) is 0 Å². The molecule has 1 amide bonds. The number of esters is 1. The molecule has 1 saturated heterocycles. The normalized spacial score (nSPS) is 15.4. The molecule has 1 aliphatic rings. The Labute approximate surface area is 191 Å². The Bertz CT molecular complexity index is 890. The van der Waals surface area contributed by atoms with Gasteiger partial charge in [0.15, 0.2) is 6.54 Å². The maximum atomic E-state index is 13.3. The molecule has 0 unspecified atom stereocenters. The fourth-order valence-electron chi connectivity index (χ4n) is 4.50. The predicted octanol–water partition coefficient (Wildman–Crippen LogP) is 4.79. The van der Waals surface area contributed by atoms with Crippen molar-refractivity contribution < 1.29 is 23.5 Å². The third-order valence-corrected chi connectivity index (χ3v) is 5.94. The summed E-state index contributed by atoms with van der Waals surface area (Å²) < 4.78 is 11.6. The van der Waals surface area contributed by atoms with Crippen molar-refractivity contribution in [3.8, 4) is 5.75 Å². The van der Waals surface area contributed by atoms with Crippen LogP contribution >= 0.6 is 0 Å². The highest BCUT2D eigenvalue weighted by Gasteiger charge is 2.32. The monoisotopic (exact) mass is 439 g/mol. The van der Waals surface area contributed by atoms with Gasteiger partial charge in [0.05, 0.1) is 37.6 Å². The first-order chi connectivity index (χ1) is 15.6. The van der Waals surface area contributed by atoms with E-state index in [4.69, 9.17) is 9.47 Å². The molecule has 172 valence electrons. The Morgan fingerprint density at radius 1 is 0.906 bits per heavy atom. The first-order valence-electron chi connectivity index (χ1n) is 11.7. The number of rotatable bonds is 9. The van der Waals surface area contributed by atoms with E-state index in [9.17, 15) is 9.59 Å². The van der Waals surface area contributed by atoms with Crippen molar-refractivity contribution >= 4 is 17.6 Å². The number of ether oxygens (including phenoxy) is 2. The van der Waals surface area contributed by atoms with Gasteiger partial charge in [-0.1, -0.05) is 36.4 Å². The van der Waals surface area contributed by atoms with Crippen molar-refractivity contribution in [3.05, 3.63) is 59.7 Å². The lowest BCUT2D eigenvalue weighted by atomic mass is 10.1. The fourth-order valence-corrected chi connectivity index (χ4v) is 4.50. The maximum Gasteiger partial charge on any atom is 0.340 e. The quantitative estimate of drug-likeness (QED) is 0.451. The number of quaternary nitrogens is 1. The standard InChI is InChI=1S/C26H34N2O4/c1-3-31-23-16-12-15-22(26(30)32-4-2)25(23)27-24(29)20-28(17-10-5-6-11-18-28)19-21-13-8-7-9-14-21/h7-9,12-16H,3-6,10-11,17-20H2,1-2H3/p+1. The fraction of sp³-hybridized carbons (Fsp3) is 0.462. The minimum absolute atomic E-state index is 0.111. The summed E-state index contributed by atoms with van der Waals surface area (Å²) in [7, 11) is 0. The average molecular weight is 440 g/mol. The van der Waals surface area contributed by atoms with Gasteiger partial charge < -0.3 is 19.3 Å². The number of carbonyl (C=O) groups is 2. The largest absolute Gasteiger partial charge is 0.492 e. The number of benzene rings is 2. The number of anilines is 1. The summed E-state index contributed by atoms with van der Waals surface area (Å²) >= 11 is 0. The number of nitrogens with one attached hydrogen (secondary N) is 1. The highest BCUT2D eigenvalue weighted by atomic mass is 16.5. The number of amides is 1. The molecule has 1 heterocycles. The van der Waals surface area contributed by atoms with Crippen LogP contribution in [0.15, 0.2) is 48.5 Å². The lowest BCUT2D eigenvalue weighted by molar-refractivity contribution is -0.932. The van der Waals surface area contributed by atoms with Gasteiger partial charge in [0, 0.05) is 5.56 Å². The Hall–Kier alpha value is -2.86. The van der Waals surface area contributed by atoms with Gasteiger partial charge in [-0.3, -0.25) is 4.79 Å². The van der Waals surface area contributed by atoms with Gasteiger partial charge in [0.25, 0.3) is 5.91 Å². The third kappa shape index (κ3) is 6.33. The van der Waals surface area contributed by atoms with Gasteiger partial charge in [-0.05, 0) is 51.7 Å². The molecular weight excluding hydrogens is 404 g/mol. The van der Waals surface area contributed by atoms with Crippen LogP contribution in [0.3, 0.4) is 0 Å². The van der Waals surface area contributed by atoms with Gasteiger partial charge in [-0.2, -0.15) is 0 Å². The SMILES string of the molecule is CCOC(=O)c1cccc(OCC)c1NC(=O)C[N+]1(Cc2ccccc2)CCCCCC1. The van der Waals surface area contributed by atoms with Crippen LogP contribution < -0.4 is 10.1 Å². The Kier molecular flexibility index (Phi) is 8.68. The second kappa shape index (κ2) is 11.7. The van der Waals surface area contributed by atoms with Crippen molar-refractivity contribution in [2.75, 3.05) is 38.2 Å². The minimum atomic E-state index is -0.465. The average Bonchev–Trinajstić information content (AvgIpc) is 3.01. The molecule has 0 aromatic heterocycles. The third-order valence-electron chi connectivity index (χ3n) is 5.94. The molecule has 0 aliphatic carbocycles. The van der Waals surface area contributed by atoms with Crippen LogP contribution in [0.1, 0.15) is 55.5 Å². The molecule has 0 spiro atoms. The van der Waals surface area contributed by atoms with E-state index in [-0.39, 0.29) is 12.5 Å². The van der Waals surface area contributed by atoms with E-state index in [1.807, 2.05) is 25.1 Å². The smallest absolute Gasteiger partial charge is 0.340 e. The molecule has 6 nitrogen and oxygen atoms in total. The number of nitrogens with zero attached hydrogens (tertiary/aromatic N) is 1. The number of para-hydroxylation sites is 1. The van der Waals surface area contributed by atoms with E-state index in [1.165, 1.54) is 18.4 Å². The lowest BCUT2D eigenvalue weighted by Crippen LogP contribution is -2.52. The van der Waals surface area contributed by atoms with Gasteiger partial charge in [0.2, 0.25) is 0 Å². The molecule has 0 atom stereocenters. The van der Waals surface area contributed by atoms with Crippen LogP contribution in [0.4, 0.5) is 5.69 Å². The second-order valence-electron chi connectivity index (χ2n) is 8.39. The number of hydrogen-bond acceptors (Lipinski definition) is 4. The summed E-state index contributed by atoms with van der Waals surface area (Å²) in [5, 5.41) is 3.00. The first-order valence-corrected chi connectivity index (χ1v) is 11.7. The summed E-state index contributed by atoms with van der Waals surface area (Å²) in [6, 6.07) is 15.5. The van der Waals surface area contributed by atoms with Gasteiger partial charge in [-0.15, -0.1) is 0 Å². The highest BCUT2D eigenvalue weighted by Crippen LogP contribution is 2.30.